The van der Waals surface area contributed by atoms with Gasteiger partial charge in [0.25, 0.3) is 0 Å². The summed E-state index contributed by atoms with van der Waals surface area (Å²) in [4.78, 5) is 30.8. The van der Waals surface area contributed by atoms with Gasteiger partial charge in [-0.1, -0.05) is 11.2 Å². The van der Waals surface area contributed by atoms with Crippen LogP contribution in [0.5, 0.6) is 0 Å². The van der Waals surface area contributed by atoms with Gasteiger partial charge < -0.3 is 9.42 Å². The molecule has 0 bridgehead atoms. The third kappa shape index (κ3) is 2.92. The van der Waals surface area contributed by atoms with Crippen LogP contribution in [0.2, 0.25) is 0 Å². The summed E-state index contributed by atoms with van der Waals surface area (Å²) >= 11 is 0. The lowest BCUT2D eigenvalue weighted by Crippen LogP contribution is -2.41. The van der Waals surface area contributed by atoms with Crippen molar-refractivity contribution in [2.45, 2.75) is 32.2 Å². The van der Waals surface area contributed by atoms with Crippen molar-refractivity contribution in [2.75, 3.05) is 13.1 Å². The Hall–Kier alpha value is -2.97. The number of carbonyl (C=O) groups excluding carboxylic acids is 1. The molecule has 0 atom stereocenters. The maximum Gasteiger partial charge on any atom is 0.350 e. The van der Waals surface area contributed by atoms with Crippen LogP contribution in [0.25, 0.3) is 5.65 Å². The molecule has 0 radical (unpaired) electrons. The number of nitrogens with zero attached hydrogens (tertiary/aromatic N) is 6. The van der Waals surface area contributed by atoms with Gasteiger partial charge in [-0.15, -0.1) is 5.10 Å². The molecule has 1 aliphatic rings. The van der Waals surface area contributed by atoms with E-state index in [1.807, 2.05) is 0 Å². The van der Waals surface area contributed by atoms with Crippen LogP contribution >= 0.6 is 0 Å². The first-order valence-corrected chi connectivity index (χ1v) is 8.24. The standard InChI is InChI=1S/C16H18N6O3/c1-11-17-15(25-19-11)12-5-8-20(9-6-12)14(23)10-22-16(24)21-7-3-2-4-13(21)18-22/h2-4,7,12H,5-6,8-10H2,1H3. The molecular weight excluding hydrogens is 324 g/mol. The molecule has 25 heavy (non-hydrogen) atoms. The minimum Gasteiger partial charge on any atom is -0.341 e. The fraction of sp³-hybridized carbons (Fsp3) is 0.438. The molecule has 9 nitrogen and oxygen atoms in total. The molecule has 3 aromatic rings. The Morgan fingerprint density at radius 1 is 1.32 bits per heavy atom. The summed E-state index contributed by atoms with van der Waals surface area (Å²) in [6.07, 6.45) is 3.18. The van der Waals surface area contributed by atoms with E-state index in [0.717, 1.165) is 12.8 Å². The lowest BCUT2D eigenvalue weighted by molar-refractivity contribution is -0.133. The van der Waals surface area contributed by atoms with E-state index >= 15 is 0 Å². The van der Waals surface area contributed by atoms with Crippen molar-refractivity contribution in [2.24, 2.45) is 0 Å². The van der Waals surface area contributed by atoms with Gasteiger partial charge in [0.2, 0.25) is 11.8 Å². The van der Waals surface area contributed by atoms with E-state index < -0.39 is 0 Å². The molecule has 1 aliphatic heterocycles. The Morgan fingerprint density at radius 3 is 2.80 bits per heavy atom. The highest BCUT2D eigenvalue weighted by Gasteiger charge is 2.27. The van der Waals surface area contributed by atoms with E-state index in [4.69, 9.17) is 4.52 Å². The van der Waals surface area contributed by atoms with Gasteiger partial charge in [-0.3, -0.25) is 9.20 Å². The van der Waals surface area contributed by atoms with Crippen molar-refractivity contribution in [3.05, 3.63) is 46.6 Å². The second kappa shape index (κ2) is 6.15. The zero-order valence-electron chi connectivity index (χ0n) is 13.8. The van der Waals surface area contributed by atoms with Crippen LogP contribution in [0, 0.1) is 6.92 Å². The highest BCUT2D eigenvalue weighted by Crippen LogP contribution is 2.26. The predicted octanol–water partition coefficient (Wildman–Crippen LogP) is 0.594. The number of likely N-dealkylation sites (tertiary alicyclic amines) is 1. The first kappa shape index (κ1) is 15.6. The second-order valence-corrected chi connectivity index (χ2v) is 6.20. The number of hydrogen-bond acceptors (Lipinski definition) is 6. The highest BCUT2D eigenvalue weighted by atomic mass is 16.5. The van der Waals surface area contributed by atoms with E-state index in [1.165, 1.54) is 9.08 Å². The third-order valence-corrected chi connectivity index (χ3v) is 4.51. The van der Waals surface area contributed by atoms with Crippen LogP contribution in [-0.2, 0) is 11.3 Å². The van der Waals surface area contributed by atoms with E-state index in [1.54, 1.807) is 36.2 Å². The first-order valence-electron chi connectivity index (χ1n) is 8.24. The molecule has 0 spiro atoms. The number of piperidine rings is 1. The summed E-state index contributed by atoms with van der Waals surface area (Å²) in [7, 11) is 0. The lowest BCUT2D eigenvalue weighted by Gasteiger charge is -2.30. The SMILES string of the molecule is Cc1noc(C2CCN(C(=O)Cn3nc4ccccn4c3=O)CC2)n1. The molecule has 4 heterocycles. The molecule has 0 aliphatic carbocycles. The van der Waals surface area contributed by atoms with Crippen LogP contribution in [0.3, 0.4) is 0 Å². The summed E-state index contributed by atoms with van der Waals surface area (Å²) in [5, 5.41) is 8.02. The third-order valence-electron chi connectivity index (χ3n) is 4.51. The molecule has 1 fully saturated rings. The van der Waals surface area contributed by atoms with Gasteiger partial charge >= 0.3 is 5.69 Å². The number of pyridine rings is 1. The number of amides is 1. The molecule has 130 valence electrons. The van der Waals surface area contributed by atoms with Gasteiger partial charge in [0.05, 0.1) is 0 Å². The average Bonchev–Trinajstić information content (AvgIpc) is 3.20. The van der Waals surface area contributed by atoms with Gasteiger partial charge in [0.15, 0.2) is 11.5 Å². The molecule has 1 amide bonds. The van der Waals surface area contributed by atoms with Crippen LogP contribution in [0.1, 0.15) is 30.5 Å². The second-order valence-electron chi connectivity index (χ2n) is 6.20. The van der Waals surface area contributed by atoms with E-state index in [9.17, 15) is 9.59 Å². The quantitative estimate of drug-likeness (QED) is 0.691. The zero-order valence-corrected chi connectivity index (χ0v) is 13.8. The molecule has 0 N–H and O–H groups in total. The summed E-state index contributed by atoms with van der Waals surface area (Å²) in [6.45, 7) is 2.95. The number of aryl methyl sites for hydroxylation is 1. The molecule has 1 saturated heterocycles. The molecule has 9 heteroatoms. The van der Waals surface area contributed by atoms with Gasteiger partial charge in [-0.25, -0.2) is 9.48 Å². The van der Waals surface area contributed by atoms with Crippen molar-refractivity contribution in [3.8, 4) is 0 Å². The highest BCUT2D eigenvalue weighted by molar-refractivity contribution is 5.76. The zero-order chi connectivity index (χ0) is 17.4. The smallest absolute Gasteiger partial charge is 0.341 e. The largest absolute Gasteiger partial charge is 0.350 e. The number of rotatable bonds is 3. The molecule has 4 rings (SSSR count). The van der Waals surface area contributed by atoms with E-state index in [-0.39, 0.29) is 24.1 Å². The number of fused-ring (bicyclic) bond motifs is 1. The van der Waals surface area contributed by atoms with Crippen LogP contribution < -0.4 is 5.69 Å². The Morgan fingerprint density at radius 2 is 2.12 bits per heavy atom. The number of carbonyl (C=O) groups is 1. The summed E-state index contributed by atoms with van der Waals surface area (Å²) < 4.78 is 7.86. The van der Waals surface area contributed by atoms with Crippen molar-refractivity contribution < 1.29 is 9.32 Å². The fourth-order valence-corrected chi connectivity index (χ4v) is 3.15. The molecular formula is C16H18N6O3. The lowest BCUT2D eigenvalue weighted by atomic mass is 9.97. The topological polar surface area (TPSA) is 98.5 Å². The first-order chi connectivity index (χ1) is 12.1. The van der Waals surface area contributed by atoms with Gasteiger partial charge in [0.1, 0.15) is 6.54 Å². The van der Waals surface area contributed by atoms with Crippen LogP contribution in [0.4, 0.5) is 0 Å². The van der Waals surface area contributed by atoms with E-state index in [2.05, 4.69) is 15.2 Å². The minimum atomic E-state index is -0.305. The summed E-state index contributed by atoms with van der Waals surface area (Å²) in [6, 6.07) is 5.30. The van der Waals surface area contributed by atoms with Crippen LogP contribution in [-0.4, -0.2) is 48.2 Å². The molecule has 0 aromatic carbocycles. The number of hydrogen-bond donors (Lipinski definition) is 0. The van der Waals surface area contributed by atoms with Gasteiger partial charge in [0, 0.05) is 25.2 Å². The molecule has 0 unspecified atom stereocenters. The maximum atomic E-state index is 12.5. The van der Waals surface area contributed by atoms with Crippen molar-refractivity contribution in [3.63, 3.8) is 0 Å². The Bertz CT molecular complexity index is 964. The summed E-state index contributed by atoms with van der Waals surface area (Å²) in [5.41, 5.74) is 0.228. The summed E-state index contributed by atoms with van der Waals surface area (Å²) in [5.74, 6) is 1.34. The maximum absolute atomic E-state index is 12.5. The van der Waals surface area contributed by atoms with Gasteiger partial charge in [-0.2, -0.15) is 4.98 Å². The molecule has 0 saturated carbocycles. The Balaban J connectivity index is 1.42. The predicted molar refractivity (Wildman–Crippen MR) is 87.0 cm³/mol. The van der Waals surface area contributed by atoms with Crippen molar-refractivity contribution >= 4 is 11.6 Å². The average molecular weight is 342 g/mol. The van der Waals surface area contributed by atoms with Crippen LogP contribution in [0.15, 0.2) is 33.7 Å². The Labute approximate surface area is 142 Å². The fourth-order valence-electron chi connectivity index (χ4n) is 3.15. The normalized spacial score (nSPS) is 15.8. The Kier molecular flexibility index (Phi) is 3.83. The van der Waals surface area contributed by atoms with Crippen molar-refractivity contribution in [1.29, 1.82) is 0 Å². The van der Waals surface area contributed by atoms with E-state index in [0.29, 0.717) is 30.5 Å². The number of aromatic nitrogens is 5. The van der Waals surface area contributed by atoms with Gasteiger partial charge in [-0.05, 0) is 31.9 Å². The monoisotopic (exact) mass is 342 g/mol. The molecule has 3 aromatic heterocycles. The van der Waals surface area contributed by atoms with Crippen molar-refractivity contribution in [1.82, 2.24) is 29.2 Å². The minimum absolute atomic E-state index is 0.0507.